The summed E-state index contributed by atoms with van der Waals surface area (Å²) in [6.07, 6.45) is 6.64. The van der Waals surface area contributed by atoms with E-state index >= 15 is 0 Å². The number of allylic oxidation sites excluding steroid dienone is 3. The van der Waals surface area contributed by atoms with Crippen LogP contribution in [-0.2, 0) is 16.0 Å². The van der Waals surface area contributed by atoms with Gasteiger partial charge in [0.05, 0.1) is 19.3 Å². The Morgan fingerprint density at radius 1 is 1.30 bits per heavy atom. The van der Waals surface area contributed by atoms with Gasteiger partial charge in [-0.25, -0.2) is 0 Å². The Bertz CT molecular complexity index is 652. The maximum absolute atomic E-state index is 12.0. The molecule has 0 aliphatic heterocycles. The summed E-state index contributed by atoms with van der Waals surface area (Å²) in [6.45, 7) is 0.531. The minimum atomic E-state index is -0.301. The molecule has 0 unspecified atom stereocenters. The van der Waals surface area contributed by atoms with E-state index in [0.29, 0.717) is 12.1 Å². The Hall–Kier alpha value is -2.14. The molecule has 5 nitrogen and oxygen atoms in total. The van der Waals surface area contributed by atoms with Crippen molar-refractivity contribution in [3.63, 3.8) is 0 Å². The van der Waals surface area contributed by atoms with E-state index in [1.165, 1.54) is 17.7 Å². The number of hydrogen-bond donors (Lipinski definition) is 3. The number of ether oxygens (including phenoxy) is 1. The van der Waals surface area contributed by atoms with Gasteiger partial charge in [-0.15, -0.1) is 0 Å². The number of aromatic hydroxyl groups is 2. The Morgan fingerprint density at radius 2 is 2.04 bits per heavy atom. The fourth-order valence-corrected chi connectivity index (χ4v) is 2.62. The van der Waals surface area contributed by atoms with Crippen molar-refractivity contribution in [1.29, 1.82) is 0 Å². The van der Waals surface area contributed by atoms with E-state index in [1.54, 1.807) is 7.11 Å². The second kappa shape index (κ2) is 7.92. The number of nitrogens with one attached hydrogen (secondary N) is 1. The molecule has 2 rings (SSSR count). The van der Waals surface area contributed by atoms with Gasteiger partial charge in [-0.3, -0.25) is 4.79 Å². The number of phenols is 2. The first-order valence-corrected chi connectivity index (χ1v) is 7.75. The Balaban J connectivity index is 1.80. The number of benzene rings is 1. The summed E-state index contributed by atoms with van der Waals surface area (Å²) in [7, 11) is 1.66. The van der Waals surface area contributed by atoms with Crippen molar-refractivity contribution in [1.82, 2.24) is 5.32 Å². The quantitative estimate of drug-likeness (QED) is 0.550. The van der Waals surface area contributed by atoms with Crippen molar-refractivity contribution < 1.29 is 19.7 Å². The fraction of sp³-hybridized carbons (Fsp3) is 0.353. The first-order valence-electron chi connectivity index (χ1n) is 7.37. The molecule has 0 fully saturated rings. The maximum atomic E-state index is 12.0. The van der Waals surface area contributed by atoms with Crippen molar-refractivity contribution in [2.24, 2.45) is 0 Å². The molecule has 1 aliphatic rings. The van der Waals surface area contributed by atoms with Gasteiger partial charge >= 0.3 is 0 Å². The van der Waals surface area contributed by atoms with Crippen molar-refractivity contribution in [3.05, 3.63) is 46.2 Å². The number of amides is 1. The lowest BCUT2D eigenvalue weighted by Gasteiger charge is -2.14. The molecule has 0 bridgehead atoms. The molecule has 1 amide bonds. The summed E-state index contributed by atoms with van der Waals surface area (Å²) >= 11 is 5.95. The van der Waals surface area contributed by atoms with E-state index in [-0.39, 0.29) is 28.8 Å². The molecule has 0 spiro atoms. The molecule has 1 aromatic carbocycles. The summed E-state index contributed by atoms with van der Waals surface area (Å²) < 4.78 is 5.24. The predicted octanol–water partition coefficient (Wildman–Crippen LogP) is 3.05. The minimum Gasteiger partial charge on any atom is -0.504 e. The third kappa shape index (κ3) is 4.93. The molecule has 124 valence electrons. The normalized spacial score (nSPS) is 14.0. The highest BCUT2D eigenvalue weighted by atomic mass is 35.5. The van der Waals surface area contributed by atoms with Crippen molar-refractivity contribution in [2.75, 3.05) is 13.7 Å². The molecule has 0 radical (unpaired) electrons. The van der Waals surface area contributed by atoms with Crippen LogP contribution in [0.4, 0.5) is 0 Å². The number of phenolic OH excluding ortho intramolecular Hbond substituents is 2. The number of carbonyl (C=O) groups excluding carboxylic acids is 1. The molecular formula is C17H20ClNO4. The van der Waals surface area contributed by atoms with Gasteiger partial charge in [0.25, 0.3) is 0 Å². The molecule has 0 atom stereocenters. The maximum Gasteiger partial charge on any atom is 0.224 e. The van der Waals surface area contributed by atoms with Gasteiger partial charge in [-0.2, -0.15) is 0 Å². The van der Waals surface area contributed by atoms with Crippen LogP contribution in [0.1, 0.15) is 24.8 Å². The summed E-state index contributed by atoms with van der Waals surface area (Å²) in [5.41, 5.74) is 1.71. The van der Waals surface area contributed by atoms with Gasteiger partial charge in [0.1, 0.15) is 0 Å². The van der Waals surface area contributed by atoms with Crippen LogP contribution in [0.15, 0.2) is 35.6 Å². The third-order valence-electron chi connectivity index (χ3n) is 3.68. The number of halogens is 1. The highest BCUT2D eigenvalue weighted by Crippen LogP contribution is 2.31. The third-order valence-corrected chi connectivity index (χ3v) is 4.03. The second-order valence-corrected chi connectivity index (χ2v) is 5.77. The van der Waals surface area contributed by atoms with Gasteiger partial charge < -0.3 is 20.3 Å². The van der Waals surface area contributed by atoms with Crippen LogP contribution in [0, 0.1) is 0 Å². The lowest BCUT2D eigenvalue weighted by atomic mass is 10.0. The van der Waals surface area contributed by atoms with Gasteiger partial charge in [-0.05, 0) is 30.5 Å². The molecular weight excluding hydrogens is 318 g/mol. The summed E-state index contributed by atoms with van der Waals surface area (Å²) in [5.74, 6) is 0.185. The first kappa shape index (κ1) is 17.2. The van der Waals surface area contributed by atoms with Gasteiger partial charge in [0.15, 0.2) is 11.5 Å². The SMILES string of the molecule is COC1=CCC=C(CCNC(=O)Cc2cc(O)c(O)cc2Cl)C1. The van der Waals surface area contributed by atoms with Gasteiger partial charge in [0.2, 0.25) is 5.91 Å². The second-order valence-electron chi connectivity index (χ2n) is 5.36. The number of rotatable bonds is 6. The van der Waals surface area contributed by atoms with Crippen molar-refractivity contribution in [2.45, 2.75) is 25.7 Å². The summed E-state index contributed by atoms with van der Waals surface area (Å²) in [6, 6.07) is 2.53. The number of methoxy groups -OCH3 is 1. The average molecular weight is 338 g/mol. The van der Waals surface area contributed by atoms with E-state index in [9.17, 15) is 15.0 Å². The van der Waals surface area contributed by atoms with Crippen LogP contribution in [0.5, 0.6) is 11.5 Å². The van der Waals surface area contributed by atoms with E-state index in [2.05, 4.69) is 11.4 Å². The molecule has 1 aromatic rings. The molecule has 6 heteroatoms. The molecule has 0 saturated carbocycles. The van der Waals surface area contributed by atoms with Crippen LogP contribution in [0.3, 0.4) is 0 Å². The van der Waals surface area contributed by atoms with Gasteiger partial charge in [0, 0.05) is 24.1 Å². The molecule has 3 N–H and O–H groups in total. The standard InChI is InChI=1S/C17H20ClNO4/c1-23-13-4-2-3-11(7-13)5-6-19-17(22)9-12-8-15(20)16(21)10-14(12)18/h3-4,8,10,20-21H,2,5-7,9H2,1H3,(H,19,22). The summed E-state index contributed by atoms with van der Waals surface area (Å²) in [4.78, 5) is 12.0. The van der Waals surface area contributed by atoms with Crippen molar-refractivity contribution >= 4 is 17.5 Å². The van der Waals surface area contributed by atoms with E-state index in [1.807, 2.05) is 6.08 Å². The van der Waals surface area contributed by atoms with E-state index in [4.69, 9.17) is 16.3 Å². The molecule has 23 heavy (non-hydrogen) atoms. The molecule has 0 heterocycles. The minimum absolute atomic E-state index is 0.0505. The lowest BCUT2D eigenvalue weighted by Crippen LogP contribution is -2.26. The number of carbonyl (C=O) groups is 1. The summed E-state index contributed by atoms with van der Waals surface area (Å²) in [5, 5.41) is 21.9. The Kier molecular flexibility index (Phi) is 5.93. The highest BCUT2D eigenvalue weighted by molar-refractivity contribution is 6.31. The Morgan fingerprint density at radius 3 is 2.78 bits per heavy atom. The average Bonchev–Trinajstić information content (AvgIpc) is 2.53. The van der Waals surface area contributed by atoms with Crippen LogP contribution in [0.2, 0.25) is 5.02 Å². The number of hydrogen-bond acceptors (Lipinski definition) is 4. The van der Waals surface area contributed by atoms with Crippen molar-refractivity contribution in [3.8, 4) is 11.5 Å². The van der Waals surface area contributed by atoms with Crippen LogP contribution >= 0.6 is 11.6 Å². The highest BCUT2D eigenvalue weighted by Gasteiger charge is 2.12. The zero-order valence-electron chi connectivity index (χ0n) is 12.9. The topological polar surface area (TPSA) is 78.8 Å². The first-order chi connectivity index (χ1) is 11.0. The molecule has 1 aliphatic carbocycles. The zero-order valence-corrected chi connectivity index (χ0v) is 13.7. The van der Waals surface area contributed by atoms with E-state index < -0.39 is 0 Å². The smallest absolute Gasteiger partial charge is 0.224 e. The Labute approximate surface area is 140 Å². The molecule has 0 saturated heterocycles. The van der Waals surface area contributed by atoms with Crippen LogP contribution in [-0.4, -0.2) is 29.8 Å². The predicted molar refractivity (Wildman–Crippen MR) is 88.5 cm³/mol. The van der Waals surface area contributed by atoms with Gasteiger partial charge in [-0.1, -0.05) is 23.3 Å². The zero-order chi connectivity index (χ0) is 16.8. The van der Waals surface area contributed by atoms with Crippen LogP contribution in [0.25, 0.3) is 0 Å². The van der Waals surface area contributed by atoms with E-state index in [0.717, 1.165) is 25.0 Å². The molecule has 0 aromatic heterocycles. The van der Waals surface area contributed by atoms with Crippen LogP contribution < -0.4 is 5.32 Å². The monoisotopic (exact) mass is 337 g/mol. The lowest BCUT2D eigenvalue weighted by molar-refractivity contribution is -0.120. The largest absolute Gasteiger partial charge is 0.504 e. The fourth-order valence-electron chi connectivity index (χ4n) is 2.40.